The van der Waals surface area contributed by atoms with Crippen molar-refractivity contribution in [2.75, 3.05) is 5.32 Å². The number of rotatable bonds is 3. The maximum Gasteiger partial charge on any atom is 0.123 e. The molecule has 0 saturated carbocycles. The molecule has 0 saturated heterocycles. The van der Waals surface area contributed by atoms with Gasteiger partial charge in [0, 0.05) is 11.9 Å². The van der Waals surface area contributed by atoms with Crippen LogP contribution in [0.25, 0.3) is 10.9 Å². The highest BCUT2D eigenvalue weighted by molar-refractivity contribution is 5.89. The van der Waals surface area contributed by atoms with E-state index in [9.17, 15) is 4.39 Å². The summed E-state index contributed by atoms with van der Waals surface area (Å²) in [4.78, 5) is 0. The second-order valence-corrected chi connectivity index (χ2v) is 4.12. The first-order valence-electron chi connectivity index (χ1n) is 5.73. The lowest BCUT2D eigenvalue weighted by atomic mass is 10.2. The minimum absolute atomic E-state index is 0.214. The fraction of sp³-hybridized carbons (Fsp3) is 0.0714. The number of nitrogens with zero attached hydrogens (tertiary/aromatic N) is 1. The molecule has 0 aliphatic heterocycles. The third-order valence-electron chi connectivity index (χ3n) is 2.85. The zero-order valence-corrected chi connectivity index (χ0v) is 9.65. The van der Waals surface area contributed by atoms with Crippen LogP contribution in [0.15, 0.2) is 48.7 Å². The van der Waals surface area contributed by atoms with Crippen LogP contribution in [-0.2, 0) is 6.54 Å². The van der Waals surface area contributed by atoms with Gasteiger partial charge in [0.15, 0.2) is 0 Å². The molecule has 4 heteroatoms. The van der Waals surface area contributed by atoms with E-state index in [2.05, 4.69) is 15.5 Å². The topological polar surface area (TPSA) is 40.7 Å². The number of H-pyrrole nitrogens is 1. The third kappa shape index (κ3) is 2.05. The van der Waals surface area contributed by atoms with Crippen LogP contribution in [-0.4, -0.2) is 10.2 Å². The molecule has 0 aliphatic carbocycles. The summed E-state index contributed by atoms with van der Waals surface area (Å²) in [5.41, 5.74) is 2.84. The van der Waals surface area contributed by atoms with Gasteiger partial charge in [-0.3, -0.25) is 5.10 Å². The largest absolute Gasteiger partial charge is 0.379 e. The van der Waals surface area contributed by atoms with E-state index < -0.39 is 0 Å². The van der Waals surface area contributed by atoms with Gasteiger partial charge in [0.05, 0.1) is 17.4 Å². The van der Waals surface area contributed by atoms with E-state index in [-0.39, 0.29) is 5.82 Å². The monoisotopic (exact) mass is 241 g/mol. The number of para-hydroxylation sites is 1. The molecule has 0 atom stereocenters. The van der Waals surface area contributed by atoms with Gasteiger partial charge in [-0.2, -0.15) is 5.10 Å². The molecule has 0 radical (unpaired) electrons. The fourth-order valence-electron chi connectivity index (χ4n) is 1.96. The smallest absolute Gasteiger partial charge is 0.123 e. The van der Waals surface area contributed by atoms with Crippen LogP contribution in [0.1, 0.15) is 5.56 Å². The highest BCUT2D eigenvalue weighted by Crippen LogP contribution is 2.21. The Kier molecular flexibility index (Phi) is 2.68. The maximum atomic E-state index is 13.1. The van der Waals surface area contributed by atoms with Gasteiger partial charge in [-0.15, -0.1) is 0 Å². The van der Waals surface area contributed by atoms with Crippen molar-refractivity contribution in [3.63, 3.8) is 0 Å². The Morgan fingerprint density at radius 2 is 2.06 bits per heavy atom. The second kappa shape index (κ2) is 4.49. The Morgan fingerprint density at radius 3 is 2.94 bits per heavy atom. The molecule has 90 valence electrons. The number of anilines is 1. The summed E-state index contributed by atoms with van der Waals surface area (Å²) in [6.45, 7) is 0.579. The lowest BCUT2D eigenvalue weighted by Crippen LogP contribution is -2.00. The first-order valence-corrected chi connectivity index (χ1v) is 5.73. The average Bonchev–Trinajstić information content (AvgIpc) is 2.85. The molecule has 3 nitrogen and oxygen atoms in total. The number of aromatic amines is 1. The van der Waals surface area contributed by atoms with Crippen molar-refractivity contribution in [1.29, 1.82) is 0 Å². The Bertz CT molecular complexity index is 675. The highest BCUT2D eigenvalue weighted by Gasteiger charge is 2.02. The van der Waals surface area contributed by atoms with Crippen molar-refractivity contribution in [3.05, 3.63) is 60.0 Å². The van der Waals surface area contributed by atoms with Crippen molar-refractivity contribution in [3.8, 4) is 0 Å². The van der Waals surface area contributed by atoms with Crippen LogP contribution in [0.5, 0.6) is 0 Å². The predicted octanol–water partition coefficient (Wildman–Crippen LogP) is 3.31. The number of hydrogen-bond acceptors (Lipinski definition) is 2. The zero-order valence-electron chi connectivity index (χ0n) is 9.65. The van der Waals surface area contributed by atoms with Crippen LogP contribution in [0.2, 0.25) is 0 Å². The van der Waals surface area contributed by atoms with Gasteiger partial charge >= 0.3 is 0 Å². The fourth-order valence-corrected chi connectivity index (χ4v) is 1.96. The molecular weight excluding hydrogens is 229 g/mol. The SMILES string of the molecule is Fc1cccc(CNc2cccc3cn[nH]c23)c1. The van der Waals surface area contributed by atoms with E-state index in [4.69, 9.17) is 0 Å². The number of hydrogen-bond donors (Lipinski definition) is 2. The number of halogens is 1. The molecule has 0 unspecified atom stereocenters. The maximum absolute atomic E-state index is 13.1. The molecule has 2 aromatic carbocycles. The van der Waals surface area contributed by atoms with Gasteiger partial charge < -0.3 is 5.32 Å². The summed E-state index contributed by atoms with van der Waals surface area (Å²) < 4.78 is 13.1. The Morgan fingerprint density at radius 1 is 1.17 bits per heavy atom. The summed E-state index contributed by atoms with van der Waals surface area (Å²) in [6, 6.07) is 12.5. The third-order valence-corrected chi connectivity index (χ3v) is 2.85. The van der Waals surface area contributed by atoms with E-state index in [1.807, 2.05) is 24.3 Å². The first kappa shape index (κ1) is 10.8. The number of aromatic nitrogens is 2. The molecule has 3 aromatic rings. The van der Waals surface area contributed by atoms with Gasteiger partial charge in [0.2, 0.25) is 0 Å². The molecule has 1 heterocycles. The molecular formula is C14H12FN3. The van der Waals surface area contributed by atoms with Crippen LogP contribution < -0.4 is 5.32 Å². The first-order chi connectivity index (χ1) is 8.83. The van der Waals surface area contributed by atoms with Crippen molar-refractivity contribution in [2.24, 2.45) is 0 Å². The molecule has 18 heavy (non-hydrogen) atoms. The van der Waals surface area contributed by atoms with Gasteiger partial charge in [0.25, 0.3) is 0 Å². The normalized spacial score (nSPS) is 10.7. The molecule has 1 aromatic heterocycles. The number of fused-ring (bicyclic) bond motifs is 1. The Balaban J connectivity index is 1.83. The van der Waals surface area contributed by atoms with Crippen LogP contribution in [0.4, 0.5) is 10.1 Å². The summed E-state index contributed by atoms with van der Waals surface area (Å²) in [6.07, 6.45) is 1.78. The van der Waals surface area contributed by atoms with Gasteiger partial charge in [0.1, 0.15) is 5.82 Å². The summed E-state index contributed by atoms with van der Waals surface area (Å²) in [7, 11) is 0. The second-order valence-electron chi connectivity index (χ2n) is 4.12. The lowest BCUT2D eigenvalue weighted by Gasteiger charge is -2.07. The number of benzene rings is 2. The van der Waals surface area contributed by atoms with Crippen LogP contribution >= 0.6 is 0 Å². The minimum atomic E-state index is -0.214. The van der Waals surface area contributed by atoms with Crippen molar-refractivity contribution < 1.29 is 4.39 Å². The predicted molar refractivity (Wildman–Crippen MR) is 69.8 cm³/mol. The van der Waals surface area contributed by atoms with E-state index in [1.54, 1.807) is 12.3 Å². The van der Waals surface area contributed by atoms with Crippen LogP contribution in [0.3, 0.4) is 0 Å². The Labute approximate surface area is 104 Å². The van der Waals surface area contributed by atoms with E-state index in [0.29, 0.717) is 6.54 Å². The van der Waals surface area contributed by atoms with Gasteiger partial charge in [-0.05, 0) is 23.8 Å². The molecule has 0 spiro atoms. The van der Waals surface area contributed by atoms with Crippen molar-refractivity contribution in [1.82, 2.24) is 10.2 Å². The van der Waals surface area contributed by atoms with Gasteiger partial charge in [-0.25, -0.2) is 4.39 Å². The highest BCUT2D eigenvalue weighted by atomic mass is 19.1. The van der Waals surface area contributed by atoms with Gasteiger partial charge in [-0.1, -0.05) is 24.3 Å². The van der Waals surface area contributed by atoms with Crippen molar-refractivity contribution in [2.45, 2.75) is 6.54 Å². The molecule has 0 bridgehead atoms. The average molecular weight is 241 g/mol. The molecule has 0 aliphatic rings. The molecule has 0 fully saturated rings. The van der Waals surface area contributed by atoms with Crippen molar-refractivity contribution >= 4 is 16.6 Å². The van der Waals surface area contributed by atoms with E-state index in [1.165, 1.54) is 12.1 Å². The Hall–Kier alpha value is -2.36. The van der Waals surface area contributed by atoms with E-state index in [0.717, 1.165) is 22.2 Å². The summed E-state index contributed by atoms with van der Waals surface area (Å²) >= 11 is 0. The quantitative estimate of drug-likeness (QED) is 0.738. The lowest BCUT2D eigenvalue weighted by molar-refractivity contribution is 0.626. The number of nitrogens with one attached hydrogen (secondary N) is 2. The standard InChI is InChI=1S/C14H12FN3/c15-12-5-1-3-10(7-12)8-16-13-6-2-4-11-9-17-18-14(11)13/h1-7,9,16H,8H2,(H,17,18). The zero-order chi connectivity index (χ0) is 12.4. The van der Waals surface area contributed by atoms with Crippen LogP contribution in [0, 0.1) is 5.82 Å². The van der Waals surface area contributed by atoms with E-state index >= 15 is 0 Å². The molecule has 3 rings (SSSR count). The molecule has 0 amide bonds. The summed E-state index contributed by atoms with van der Waals surface area (Å²) in [5, 5.41) is 11.3. The molecule has 2 N–H and O–H groups in total. The minimum Gasteiger partial charge on any atom is -0.379 e. The summed E-state index contributed by atoms with van der Waals surface area (Å²) in [5.74, 6) is -0.214.